The Bertz CT molecular complexity index is 1140. The Morgan fingerprint density at radius 2 is 1.78 bits per heavy atom. The Morgan fingerprint density at radius 1 is 1.06 bits per heavy atom. The lowest BCUT2D eigenvalue weighted by Crippen LogP contribution is -2.47. The fourth-order valence-corrected chi connectivity index (χ4v) is 5.39. The summed E-state index contributed by atoms with van der Waals surface area (Å²) in [6, 6.07) is 15.4. The van der Waals surface area contributed by atoms with Crippen molar-refractivity contribution in [2.75, 3.05) is 44.6 Å². The molecular weight excluding hydrogens is 474 g/mol. The Hall–Kier alpha value is -3.27. The van der Waals surface area contributed by atoms with Crippen LogP contribution in [-0.2, 0) is 6.54 Å². The third-order valence-corrected chi connectivity index (χ3v) is 7.36. The van der Waals surface area contributed by atoms with Gasteiger partial charge in [-0.2, -0.15) is 0 Å². The third kappa shape index (κ3) is 6.29. The minimum atomic E-state index is -1.08. The highest BCUT2D eigenvalue weighted by molar-refractivity contribution is 7.09. The van der Waals surface area contributed by atoms with Gasteiger partial charge < -0.3 is 10.0 Å². The van der Waals surface area contributed by atoms with Crippen LogP contribution in [0.15, 0.2) is 60.1 Å². The van der Waals surface area contributed by atoms with Crippen molar-refractivity contribution in [2.45, 2.75) is 26.4 Å². The number of anilines is 1. The maximum Gasteiger partial charge on any atom is 0.409 e. The number of amides is 2. The minimum absolute atomic E-state index is 0.0338. The average Bonchev–Trinajstić information content (AvgIpc) is 3.39. The minimum Gasteiger partial charge on any atom is -0.465 e. The van der Waals surface area contributed by atoms with E-state index in [0.717, 1.165) is 48.9 Å². The van der Waals surface area contributed by atoms with Gasteiger partial charge in [-0.3, -0.25) is 19.9 Å². The predicted molar refractivity (Wildman–Crippen MR) is 143 cm³/mol. The molecule has 1 saturated heterocycles. The zero-order chi connectivity index (χ0) is 25.5. The lowest BCUT2D eigenvalue weighted by molar-refractivity contribution is 0.0772. The number of nitrogens with zero attached hydrogens (tertiary/aromatic N) is 4. The molecule has 1 atom stereocenters. The highest BCUT2D eigenvalue weighted by Gasteiger charge is 2.27. The largest absolute Gasteiger partial charge is 0.465 e. The summed E-state index contributed by atoms with van der Waals surface area (Å²) < 4.78 is 0. The number of hydrogen-bond donors (Lipinski definition) is 2. The van der Waals surface area contributed by atoms with Gasteiger partial charge in [0.25, 0.3) is 5.91 Å². The number of carboxylic acid groups (broad SMARTS) is 1. The van der Waals surface area contributed by atoms with Crippen LogP contribution in [0.3, 0.4) is 0 Å². The maximum absolute atomic E-state index is 12.8. The topological polar surface area (TPSA) is 89.0 Å². The van der Waals surface area contributed by atoms with Crippen molar-refractivity contribution in [3.63, 3.8) is 0 Å². The van der Waals surface area contributed by atoms with E-state index in [9.17, 15) is 14.7 Å². The Balaban J connectivity index is 1.58. The van der Waals surface area contributed by atoms with E-state index in [1.807, 2.05) is 72.8 Å². The van der Waals surface area contributed by atoms with E-state index in [4.69, 9.17) is 0 Å². The molecule has 2 heterocycles. The first-order chi connectivity index (χ1) is 17.5. The number of carbonyl (C=O) groups excluding carboxylic acids is 1. The van der Waals surface area contributed by atoms with Gasteiger partial charge in [0.2, 0.25) is 0 Å². The average molecular weight is 508 g/mol. The first-order valence-electron chi connectivity index (χ1n) is 12.3. The van der Waals surface area contributed by atoms with Gasteiger partial charge in [0.1, 0.15) is 5.01 Å². The van der Waals surface area contributed by atoms with Gasteiger partial charge in [-0.15, -0.1) is 11.3 Å². The zero-order valence-electron chi connectivity index (χ0n) is 20.8. The van der Waals surface area contributed by atoms with Gasteiger partial charge >= 0.3 is 6.09 Å². The molecule has 0 bridgehead atoms. The van der Waals surface area contributed by atoms with E-state index in [1.54, 1.807) is 17.4 Å². The number of hydrogen-bond acceptors (Lipinski definition) is 6. The second-order valence-corrected chi connectivity index (χ2v) is 9.77. The Morgan fingerprint density at radius 3 is 2.39 bits per heavy atom. The standard InChI is InChI=1S/C27H33N5O3S/c1-3-31(4-2)26(33)21-10-8-20(9-11-21)25(22-6-5-7-23(18-22)29-27(34)35)32-15-13-30(14-16-32)19-24-28-12-17-36-24/h5-12,17-18,25,29H,3-4,13-16,19H2,1-2H3,(H,34,35). The number of carbonyl (C=O) groups is 2. The lowest BCUT2D eigenvalue weighted by atomic mass is 9.95. The van der Waals surface area contributed by atoms with Crippen molar-refractivity contribution < 1.29 is 14.7 Å². The van der Waals surface area contributed by atoms with E-state index >= 15 is 0 Å². The van der Waals surface area contributed by atoms with Crippen molar-refractivity contribution in [1.29, 1.82) is 0 Å². The van der Waals surface area contributed by atoms with E-state index in [-0.39, 0.29) is 11.9 Å². The van der Waals surface area contributed by atoms with Crippen LogP contribution < -0.4 is 5.32 Å². The molecule has 36 heavy (non-hydrogen) atoms. The van der Waals surface area contributed by atoms with Crippen molar-refractivity contribution in [3.05, 3.63) is 81.8 Å². The predicted octanol–water partition coefficient (Wildman–Crippen LogP) is 4.62. The molecule has 9 heteroatoms. The van der Waals surface area contributed by atoms with Gasteiger partial charge in [0.15, 0.2) is 0 Å². The molecule has 8 nitrogen and oxygen atoms in total. The van der Waals surface area contributed by atoms with E-state index in [0.29, 0.717) is 24.3 Å². The molecule has 1 aliphatic heterocycles. The molecule has 1 aliphatic rings. The molecule has 4 rings (SSSR count). The normalized spacial score (nSPS) is 15.4. The first kappa shape index (κ1) is 25.8. The van der Waals surface area contributed by atoms with Crippen molar-refractivity contribution in [2.24, 2.45) is 0 Å². The van der Waals surface area contributed by atoms with E-state index in [2.05, 4.69) is 20.1 Å². The number of nitrogens with one attached hydrogen (secondary N) is 1. The van der Waals surface area contributed by atoms with Crippen molar-refractivity contribution in [3.8, 4) is 0 Å². The van der Waals surface area contributed by atoms with Crippen molar-refractivity contribution >= 4 is 29.0 Å². The number of thiazole rings is 1. The highest BCUT2D eigenvalue weighted by Crippen LogP contribution is 2.32. The summed E-state index contributed by atoms with van der Waals surface area (Å²) in [4.78, 5) is 35.1. The molecule has 0 radical (unpaired) electrons. The van der Waals surface area contributed by atoms with Gasteiger partial charge in [-0.25, -0.2) is 9.78 Å². The highest BCUT2D eigenvalue weighted by atomic mass is 32.1. The number of rotatable bonds is 9. The van der Waals surface area contributed by atoms with Crippen LogP contribution in [0.1, 0.15) is 46.4 Å². The first-order valence-corrected chi connectivity index (χ1v) is 13.2. The van der Waals surface area contributed by atoms with E-state index in [1.165, 1.54) is 0 Å². The molecular formula is C27H33N5O3S. The van der Waals surface area contributed by atoms with Crippen LogP contribution in [0.25, 0.3) is 0 Å². The summed E-state index contributed by atoms with van der Waals surface area (Å²) in [5.74, 6) is 0.0338. The third-order valence-electron chi connectivity index (χ3n) is 6.59. The number of piperazine rings is 1. The van der Waals surface area contributed by atoms with Gasteiger partial charge in [-0.1, -0.05) is 24.3 Å². The fourth-order valence-electron chi connectivity index (χ4n) is 4.73. The summed E-state index contributed by atoms with van der Waals surface area (Å²) in [5, 5.41) is 14.8. The van der Waals surface area contributed by atoms with Crippen LogP contribution in [0.4, 0.5) is 10.5 Å². The molecule has 1 unspecified atom stereocenters. The second-order valence-electron chi connectivity index (χ2n) is 8.80. The summed E-state index contributed by atoms with van der Waals surface area (Å²) in [7, 11) is 0. The smallest absolute Gasteiger partial charge is 0.409 e. The maximum atomic E-state index is 12.8. The van der Waals surface area contributed by atoms with Crippen LogP contribution in [-0.4, -0.2) is 76.1 Å². The second kappa shape index (κ2) is 12.1. The molecule has 3 aromatic rings. The van der Waals surface area contributed by atoms with E-state index < -0.39 is 6.09 Å². The molecule has 190 valence electrons. The summed E-state index contributed by atoms with van der Waals surface area (Å²) in [6.07, 6.45) is 0.762. The fraction of sp³-hybridized carbons (Fsp3) is 0.370. The monoisotopic (exact) mass is 507 g/mol. The molecule has 2 aromatic carbocycles. The quantitative estimate of drug-likeness (QED) is 0.439. The number of aromatic nitrogens is 1. The van der Waals surface area contributed by atoms with Crippen LogP contribution in [0, 0.1) is 0 Å². The molecule has 1 fully saturated rings. The summed E-state index contributed by atoms with van der Waals surface area (Å²) in [5.41, 5.74) is 3.31. The summed E-state index contributed by atoms with van der Waals surface area (Å²) >= 11 is 1.68. The van der Waals surface area contributed by atoms with Crippen LogP contribution in [0.5, 0.6) is 0 Å². The lowest BCUT2D eigenvalue weighted by Gasteiger charge is -2.39. The number of benzene rings is 2. The molecule has 0 saturated carbocycles. The van der Waals surface area contributed by atoms with Gasteiger partial charge in [0, 0.05) is 62.1 Å². The molecule has 2 N–H and O–H groups in total. The molecule has 2 amide bonds. The van der Waals surface area contributed by atoms with Crippen LogP contribution in [0.2, 0.25) is 0 Å². The van der Waals surface area contributed by atoms with Crippen LogP contribution >= 0.6 is 11.3 Å². The van der Waals surface area contributed by atoms with Crippen molar-refractivity contribution in [1.82, 2.24) is 19.7 Å². The van der Waals surface area contributed by atoms with Gasteiger partial charge in [-0.05, 0) is 49.2 Å². The zero-order valence-corrected chi connectivity index (χ0v) is 21.6. The molecule has 0 spiro atoms. The summed E-state index contributed by atoms with van der Waals surface area (Å²) in [6.45, 7) is 9.75. The molecule has 1 aromatic heterocycles. The SMILES string of the molecule is CCN(CC)C(=O)c1ccc(C(c2cccc(NC(=O)O)c2)N2CCN(Cc3nccs3)CC2)cc1. The molecule has 0 aliphatic carbocycles. The Labute approximate surface area is 216 Å². The Kier molecular flexibility index (Phi) is 8.69. The van der Waals surface area contributed by atoms with Gasteiger partial charge in [0.05, 0.1) is 12.6 Å².